The molecule has 4 heteroatoms. The van der Waals surface area contributed by atoms with E-state index in [0.717, 1.165) is 24.1 Å². The van der Waals surface area contributed by atoms with Gasteiger partial charge in [0.15, 0.2) is 0 Å². The van der Waals surface area contributed by atoms with Crippen molar-refractivity contribution in [2.75, 3.05) is 0 Å². The SMILES string of the molecule is Cc1ccc(C(N)=S)c(OC2CCCCC2)n1. The van der Waals surface area contributed by atoms with Gasteiger partial charge in [0.05, 0.1) is 5.56 Å². The van der Waals surface area contributed by atoms with Gasteiger partial charge in [0.25, 0.3) is 0 Å². The van der Waals surface area contributed by atoms with Crippen molar-refractivity contribution in [1.29, 1.82) is 0 Å². The van der Waals surface area contributed by atoms with E-state index in [4.69, 9.17) is 22.7 Å². The molecule has 0 radical (unpaired) electrons. The van der Waals surface area contributed by atoms with Crippen LogP contribution in [0.2, 0.25) is 0 Å². The topological polar surface area (TPSA) is 48.1 Å². The molecule has 2 rings (SSSR count). The Hall–Kier alpha value is -1.16. The molecule has 2 N–H and O–H groups in total. The van der Waals surface area contributed by atoms with Crippen LogP contribution < -0.4 is 10.5 Å². The summed E-state index contributed by atoms with van der Waals surface area (Å²) in [5.41, 5.74) is 7.35. The van der Waals surface area contributed by atoms with E-state index in [2.05, 4.69) is 4.98 Å². The number of nitrogens with zero attached hydrogens (tertiary/aromatic N) is 1. The van der Waals surface area contributed by atoms with E-state index in [1.807, 2.05) is 19.1 Å². The lowest BCUT2D eigenvalue weighted by Crippen LogP contribution is -2.22. The summed E-state index contributed by atoms with van der Waals surface area (Å²) in [4.78, 5) is 4.75. The first-order valence-corrected chi connectivity index (χ1v) is 6.52. The molecule has 1 aliphatic carbocycles. The third-order valence-corrected chi connectivity index (χ3v) is 3.32. The number of aromatic nitrogens is 1. The standard InChI is InChI=1S/C13H18N2OS/c1-9-7-8-11(12(14)17)13(15-9)16-10-5-3-2-4-6-10/h7-8,10H,2-6H2,1H3,(H2,14,17). The molecule has 1 aliphatic rings. The van der Waals surface area contributed by atoms with Crippen molar-refractivity contribution >= 4 is 17.2 Å². The quantitative estimate of drug-likeness (QED) is 0.838. The zero-order valence-electron chi connectivity index (χ0n) is 10.1. The molecule has 1 aromatic heterocycles. The van der Waals surface area contributed by atoms with Crippen molar-refractivity contribution in [2.24, 2.45) is 5.73 Å². The summed E-state index contributed by atoms with van der Waals surface area (Å²) >= 11 is 5.02. The second-order valence-corrected chi connectivity index (χ2v) is 4.99. The zero-order chi connectivity index (χ0) is 12.3. The van der Waals surface area contributed by atoms with Gasteiger partial charge in [-0.1, -0.05) is 18.6 Å². The summed E-state index contributed by atoms with van der Waals surface area (Å²) in [6.07, 6.45) is 6.26. The number of hydrogen-bond donors (Lipinski definition) is 1. The molecule has 1 saturated carbocycles. The minimum Gasteiger partial charge on any atom is -0.474 e. The highest BCUT2D eigenvalue weighted by Crippen LogP contribution is 2.24. The van der Waals surface area contributed by atoms with E-state index in [-0.39, 0.29) is 6.10 Å². The van der Waals surface area contributed by atoms with Crippen LogP contribution >= 0.6 is 12.2 Å². The van der Waals surface area contributed by atoms with Crippen molar-refractivity contribution < 1.29 is 4.74 Å². The van der Waals surface area contributed by atoms with Gasteiger partial charge >= 0.3 is 0 Å². The first kappa shape index (κ1) is 12.3. The van der Waals surface area contributed by atoms with Gasteiger partial charge in [-0.05, 0) is 44.7 Å². The number of aryl methyl sites for hydroxylation is 1. The summed E-state index contributed by atoms with van der Waals surface area (Å²) in [6.45, 7) is 1.94. The summed E-state index contributed by atoms with van der Waals surface area (Å²) in [6, 6.07) is 3.80. The molecule has 0 aromatic carbocycles. The normalized spacial score (nSPS) is 16.8. The van der Waals surface area contributed by atoms with Crippen molar-refractivity contribution in [3.05, 3.63) is 23.4 Å². The van der Waals surface area contributed by atoms with Gasteiger partial charge in [-0.2, -0.15) is 0 Å². The molecule has 0 spiro atoms. The highest BCUT2D eigenvalue weighted by Gasteiger charge is 2.18. The molecule has 0 unspecified atom stereocenters. The van der Waals surface area contributed by atoms with Crippen LogP contribution in [0.1, 0.15) is 43.4 Å². The monoisotopic (exact) mass is 250 g/mol. The smallest absolute Gasteiger partial charge is 0.224 e. The van der Waals surface area contributed by atoms with E-state index in [1.165, 1.54) is 19.3 Å². The number of ether oxygens (including phenoxy) is 1. The summed E-state index contributed by atoms with van der Waals surface area (Å²) < 4.78 is 5.95. The van der Waals surface area contributed by atoms with E-state index < -0.39 is 0 Å². The third-order valence-electron chi connectivity index (χ3n) is 3.10. The summed E-state index contributed by atoms with van der Waals surface area (Å²) in [5, 5.41) is 0. The van der Waals surface area contributed by atoms with E-state index in [9.17, 15) is 0 Å². The second kappa shape index (κ2) is 5.45. The van der Waals surface area contributed by atoms with Crippen LogP contribution in [0.4, 0.5) is 0 Å². The van der Waals surface area contributed by atoms with Crippen molar-refractivity contribution in [3.8, 4) is 5.88 Å². The average molecular weight is 250 g/mol. The van der Waals surface area contributed by atoms with Crippen LogP contribution in [-0.4, -0.2) is 16.1 Å². The molecule has 0 amide bonds. The highest BCUT2D eigenvalue weighted by atomic mass is 32.1. The average Bonchev–Trinajstić information content (AvgIpc) is 2.30. The molecule has 92 valence electrons. The maximum absolute atomic E-state index is 5.95. The maximum Gasteiger partial charge on any atom is 0.224 e. The minimum absolute atomic E-state index is 0.270. The van der Waals surface area contributed by atoms with E-state index in [0.29, 0.717) is 10.9 Å². The van der Waals surface area contributed by atoms with Crippen LogP contribution in [0.3, 0.4) is 0 Å². The molecule has 1 fully saturated rings. The Balaban J connectivity index is 2.17. The van der Waals surface area contributed by atoms with E-state index >= 15 is 0 Å². The van der Waals surface area contributed by atoms with Gasteiger partial charge in [-0.3, -0.25) is 0 Å². The van der Waals surface area contributed by atoms with Crippen LogP contribution in [0.25, 0.3) is 0 Å². The van der Waals surface area contributed by atoms with Crippen LogP contribution in [-0.2, 0) is 0 Å². The second-order valence-electron chi connectivity index (χ2n) is 4.55. The number of hydrogen-bond acceptors (Lipinski definition) is 3. The zero-order valence-corrected chi connectivity index (χ0v) is 10.9. The van der Waals surface area contributed by atoms with Gasteiger partial charge in [0.1, 0.15) is 11.1 Å². The molecule has 3 nitrogen and oxygen atoms in total. The van der Waals surface area contributed by atoms with Crippen molar-refractivity contribution in [1.82, 2.24) is 4.98 Å². The number of rotatable bonds is 3. The molecular formula is C13H18N2OS. The lowest BCUT2D eigenvalue weighted by molar-refractivity contribution is 0.148. The predicted molar refractivity (Wildman–Crippen MR) is 72.4 cm³/mol. The van der Waals surface area contributed by atoms with Gasteiger partial charge < -0.3 is 10.5 Å². The fraction of sp³-hybridized carbons (Fsp3) is 0.538. The van der Waals surface area contributed by atoms with Crippen LogP contribution in [0.5, 0.6) is 5.88 Å². The minimum atomic E-state index is 0.270. The first-order valence-electron chi connectivity index (χ1n) is 6.11. The molecule has 1 heterocycles. The Morgan fingerprint density at radius 3 is 2.71 bits per heavy atom. The lowest BCUT2D eigenvalue weighted by Gasteiger charge is -2.23. The number of thiocarbonyl (C=S) groups is 1. The molecule has 0 bridgehead atoms. The van der Waals surface area contributed by atoms with Crippen molar-refractivity contribution in [2.45, 2.75) is 45.1 Å². The molecule has 0 atom stereocenters. The fourth-order valence-electron chi connectivity index (χ4n) is 2.15. The Morgan fingerprint density at radius 2 is 2.06 bits per heavy atom. The molecule has 0 aliphatic heterocycles. The largest absolute Gasteiger partial charge is 0.474 e. The summed E-state index contributed by atoms with van der Waals surface area (Å²) in [7, 11) is 0. The van der Waals surface area contributed by atoms with Gasteiger partial charge in [-0.25, -0.2) is 4.98 Å². The molecule has 1 aromatic rings. The van der Waals surface area contributed by atoms with Gasteiger partial charge in [-0.15, -0.1) is 0 Å². The Labute approximate surface area is 107 Å². The molecule has 0 saturated heterocycles. The maximum atomic E-state index is 5.95. The van der Waals surface area contributed by atoms with Gasteiger partial charge in [0.2, 0.25) is 5.88 Å². The Bertz CT molecular complexity index is 414. The van der Waals surface area contributed by atoms with Gasteiger partial charge in [0, 0.05) is 5.69 Å². The van der Waals surface area contributed by atoms with Crippen LogP contribution in [0, 0.1) is 6.92 Å². The lowest BCUT2D eigenvalue weighted by atomic mass is 9.98. The predicted octanol–water partition coefficient (Wildman–Crippen LogP) is 2.74. The van der Waals surface area contributed by atoms with Crippen LogP contribution in [0.15, 0.2) is 12.1 Å². The summed E-state index contributed by atoms with van der Waals surface area (Å²) in [5.74, 6) is 0.601. The Morgan fingerprint density at radius 1 is 1.35 bits per heavy atom. The fourth-order valence-corrected chi connectivity index (χ4v) is 2.31. The molecule has 17 heavy (non-hydrogen) atoms. The third kappa shape index (κ3) is 3.16. The molecular weight excluding hydrogens is 232 g/mol. The first-order chi connectivity index (χ1) is 8.16. The van der Waals surface area contributed by atoms with E-state index in [1.54, 1.807) is 0 Å². The number of pyridine rings is 1. The number of nitrogens with two attached hydrogens (primary N) is 1. The highest BCUT2D eigenvalue weighted by molar-refractivity contribution is 7.80. The van der Waals surface area contributed by atoms with Crippen molar-refractivity contribution in [3.63, 3.8) is 0 Å². The Kier molecular flexibility index (Phi) is 3.94.